The van der Waals surface area contributed by atoms with E-state index in [9.17, 15) is 14.9 Å². The summed E-state index contributed by atoms with van der Waals surface area (Å²) in [4.78, 5) is 26.7. The molecule has 1 N–H and O–H groups in total. The number of hydrogen-bond acceptors (Lipinski definition) is 5. The molecule has 2 aromatic heterocycles. The molecular weight excluding hydrogens is 292 g/mol. The van der Waals surface area contributed by atoms with Crippen LogP contribution in [0.5, 0.6) is 0 Å². The van der Waals surface area contributed by atoms with Crippen molar-refractivity contribution in [3.8, 4) is 0 Å². The maximum atomic E-state index is 12.1. The number of anilines is 1. The molecule has 2 heterocycles. The van der Waals surface area contributed by atoms with Gasteiger partial charge in [-0.3, -0.25) is 20.2 Å². The van der Waals surface area contributed by atoms with Crippen LogP contribution in [0.15, 0.2) is 17.6 Å². The first kappa shape index (κ1) is 15.2. The molecule has 0 aliphatic rings. The van der Waals surface area contributed by atoms with Gasteiger partial charge in [0.2, 0.25) is 0 Å². The number of aryl methyl sites for hydroxylation is 1. The van der Waals surface area contributed by atoms with Crippen molar-refractivity contribution in [2.45, 2.75) is 26.2 Å². The van der Waals surface area contributed by atoms with E-state index < -0.39 is 10.8 Å². The van der Waals surface area contributed by atoms with Crippen LogP contribution >= 0.6 is 11.3 Å². The summed E-state index contributed by atoms with van der Waals surface area (Å²) in [5.74, 6) is -0.416. The third kappa shape index (κ3) is 3.27. The lowest BCUT2D eigenvalue weighted by molar-refractivity contribution is -0.384. The Morgan fingerprint density at radius 1 is 1.48 bits per heavy atom. The van der Waals surface area contributed by atoms with E-state index >= 15 is 0 Å². The van der Waals surface area contributed by atoms with Gasteiger partial charge in [-0.1, -0.05) is 20.8 Å². The molecule has 0 atom stereocenters. The highest BCUT2D eigenvalue weighted by atomic mass is 32.1. The van der Waals surface area contributed by atoms with E-state index in [1.165, 1.54) is 28.2 Å². The molecule has 0 spiro atoms. The van der Waals surface area contributed by atoms with Gasteiger partial charge in [-0.25, -0.2) is 4.98 Å². The Balaban J connectivity index is 2.18. The number of nitrogens with one attached hydrogen (secondary N) is 1. The first-order valence-corrected chi connectivity index (χ1v) is 7.14. The number of amides is 1. The van der Waals surface area contributed by atoms with Gasteiger partial charge < -0.3 is 4.57 Å². The molecule has 0 radical (unpaired) electrons. The van der Waals surface area contributed by atoms with Gasteiger partial charge in [-0.15, -0.1) is 11.3 Å². The molecule has 0 aliphatic carbocycles. The fraction of sp³-hybridized carbons (Fsp3) is 0.385. The van der Waals surface area contributed by atoms with E-state index in [1.54, 1.807) is 7.05 Å². The van der Waals surface area contributed by atoms with E-state index in [2.05, 4.69) is 10.3 Å². The average molecular weight is 308 g/mol. The standard InChI is InChI=1S/C13H16N4O3S/c1-13(2,3)10-7-21-12(14-10)15-11(18)9-5-8(17(19)20)6-16(9)4/h5-7H,1-4H3,(H,14,15,18). The van der Waals surface area contributed by atoms with Gasteiger partial charge in [0.15, 0.2) is 5.13 Å². The van der Waals surface area contributed by atoms with Crippen molar-refractivity contribution in [3.63, 3.8) is 0 Å². The predicted molar refractivity (Wildman–Crippen MR) is 80.8 cm³/mol. The predicted octanol–water partition coefficient (Wildman–Crippen LogP) is 2.94. The van der Waals surface area contributed by atoms with Crippen LogP contribution in [0.2, 0.25) is 0 Å². The fourth-order valence-electron chi connectivity index (χ4n) is 1.71. The minimum absolute atomic E-state index is 0.0940. The highest BCUT2D eigenvalue weighted by Crippen LogP contribution is 2.26. The van der Waals surface area contributed by atoms with Crippen LogP contribution in [-0.4, -0.2) is 20.4 Å². The molecule has 2 aromatic rings. The van der Waals surface area contributed by atoms with Crippen molar-refractivity contribution >= 4 is 28.1 Å². The van der Waals surface area contributed by atoms with Gasteiger partial charge in [0.1, 0.15) is 5.69 Å². The Hall–Kier alpha value is -2.22. The quantitative estimate of drug-likeness (QED) is 0.697. The SMILES string of the molecule is Cn1cc([N+](=O)[O-])cc1C(=O)Nc1nc(C(C)(C)C)cs1. The van der Waals surface area contributed by atoms with E-state index in [0.717, 1.165) is 5.69 Å². The minimum Gasteiger partial charge on any atom is -0.340 e. The van der Waals surface area contributed by atoms with Gasteiger partial charge in [0.05, 0.1) is 16.8 Å². The monoisotopic (exact) mass is 308 g/mol. The molecule has 0 saturated carbocycles. The van der Waals surface area contributed by atoms with E-state index in [-0.39, 0.29) is 16.8 Å². The molecule has 0 aliphatic heterocycles. The average Bonchev–Trinajstić information content (AvgIpc) is 2.94. The van der Waals surface area contributed by atoms with Crippen molar-refractivity contribution in [2.75, 3.05) is 5.32 Å². The maximum Gasteiger partial charge on any atom is 0.287 e. The summed E-state index contributed by atoms with van der Waals surface area (Å²) >= 11 is 1.33. The lowest BCUT2D eigenvalue weighted by Gasteiger charge is -2.14. The molecule has 1 amide bonds. The van der Waals surface area contributed by atoms with Crippen LogP contribution in [0.3, 0.4) is 0 Å². The van der Waals surface area contributed by atoms with Crippen LogP contribution in [0.25, 0.3) is 0 Å². The lowest BCUT2D eigenvalue weighted by Crippen LogP contribution is -2.16. The second-order valence-corrected chi connectivity index (χ2v) is 6.55. The third-order valence-electron chi connectivity index (χ3n) is 2.93. The Morgan fingerprint density at radius 2 is 2.14 bits per heavy atom. The summed E-state index contributed by atoms with van der Waals surface area (Å²) in [6.07, 6.45) is 1.30. The van der Waals surface area contributed by atoms with Gasteiger partial charge in [-0.05, 0) is 0 Å². The molecule has 7 nitrogen and oxygen atoms in total. The number of nitro groups is 1. The number of carbonyl (C=O) groups excluding carboxylic acids is 1. The number of aromatic nitrogens is 2. The summed E-state index contributed by atoms with van der Waals surface area (Å²) in [5.41, 5.74) is 0.899. The van der Waals surface area contributed by atoms with Crippen molar-refractivity contribution in [1.82, 2.24) is 9.55 Å². The second kappa shape index (κ2) is 5.28. The first-order chi connectivity index (χ1) is 9.68. The van der Waals surface area contributed by atoms with Crippen molar-refractivity contribution in [1.29, 1.82) is 0 Å². The molecule has 0 saturated heterocycles. The smallest absolute Gasteiger partial charge is 0.287 e. The molecule has 21 heavy (non-hydrogen) atoms. The zero-order valence-corrected chi connectivity index (χ0v) is 13.0. The highest BCUT2D eigenvalue weighted by Gasteiger charge is 2.21. The molecule has 0 fully saturated rings. The highest BCUT2D eigenvalue weighted by molar-refractivity contribution is 7.14. The number of nitrogens with zero attached hydrogens (tertiary/aromatic N) is 3. The summed E-state index contributed by atoms with van der Waals surface area (Å²) in [6.45, 7) is 6.11. The summed E-state index contributed by atoms with van der Waals surface area (Å²) < 4.78 is 1.42. The van der Waals surface area contributed by atoms with Crippen LogP contribution in [0.1, 0.15) is 37.0 Å². The van der Waals surface area contributed by atoms with E-state index in [4.69, 9.17) is 0 Å². The number of hydrogen-bond donors (Lipinski definition) is 1. The molecule has 0 unspecified atom stereocenters. The minimum atomic E-state index is -0.530. The third-order valence-corrected chi connectivity index (χ3v) is 3.68. The normalized spacial score (nSPS) is 11.4. The number of thiazole rings is 1. The topological polar surface area (TPSA) is 90.1 Å². The number of carbonyl (C=O) groups is 1. The Labute approximate surface area is 125 Å². The molecule has 2 rings (SSSR count). The van der Waals surface area contributed by atoms with E-state index in [1.807, 2.05) is 26.2 Å². The van der Waals surface area contributed by atoms with Crippen molar-refractivity contribution in [2.24, 2.45) is 7.05 Å². The van der Waals surface area contributed by atoms with Crippen LogP contribution in [0, 0.1) is 10.1 Å². The molecule has 8 heteroatoms. The van der Waals surface area contributed by atoms with Gasteiger partial charge in [-0.2, -0.15) is 0 Å². The van der Waals surface area contributed by atoms with Crippen LogP contribution in [-0.2, 0) is 12.5 Å². The fourth-order valence-corrected chi connectivity index (χ4v) is 2.64. The Bertz CT molecular complexity index is 697. The molecule has 0 bridgehead atoms. The number of rotatable bonds is 3. The summed E-state index contributed by atoms with van der Waals surface area (Å²) in [6, 6.07) is 1.24. The van der Waals surface area contributed by atoms with Crippen molar-refractivity contribution < 1.29 is 9.72 Å². The van der Waals surface area contributed by atoms with Crippen molar-refractivity contribution in [3.05, 3.63) is 39.1 Å². The zero-order chi connectivity index (χ0) is 15.8. The Kier molecular flexibility index (Phi) is 3.82. The van der Waals surface area contributed by atoms with Gasteiger partial charge in [0, 0.05) is 23.9 Å². The lowest BCUT2D eigenvalue weighted by atomic mass is 9.93. The first-order valence-electron chi connectivity index (χ1n) is 6.26. The maximum absolute atomic E-state index is 12.1. The summed E-state index contributed by atoms with van der Waals surface area (Å²) in [5, 5.41) is 15.8. The zero-order valence-electron chi connectivity index (χ0n) is 12.2. The van der Waals surface area contributed by atoms with E-state index in [0.29, 0.717) is 5.13 Å². The second-order valence-electron chi connectivity index (χ2n) is 5.69. The Morgan fingerprint density at radius 3 is 2.62 bits per heavy atom. The van der Waals surface area contributed by atoms with Crippen LogP contribution in [0.4, 0.5) is 10.8 Å². The molecule has 0 aromatic carbocycles. The van der Waals surface area contributed by atoms with Crippen LogP contribution < -0.4 is 5.32 Å². The summed E-state index contributed by atoms with van der Waals surface area (Å²) in [7, 11) is 1.59. The van der Waals surface area contributed by atoms with Gasteiger partial charge >= 0.3 is 0 Å². The van der Waals surface area contributed by atoms with Gasteiger partial charge in [0.25, 0.3) is 11.6 Å². The molecular formula is C13H16N4O3S. The largest absolute Gasteiger partial charge is 0.340 e. The molecule has 112 valence electrons.